The number of nitro groups is 1. The monoisotopic (exact) mass is 238 g/mol. The van der Waals surface area contributed by atoms with Crippen LogP contribution in [0.25, 0.3) is 0 Å². The molecule has 0 N–H and O–H groups in total. The van der Waals surface area contributed by atoms with Gasteiger partial charge in [-0.3, -0.25) is 14.9 Å². The molecule has 0 bridgehead atoms. The average molecular weight is 238 g/mol. The van der Waals surface area contributed by atoms with Crippen molar-refractivity contribution in [3.63, 3.8) is 0 Å². The minimum Gasteiger partial charge on any atom is -0.383 e. The topological polar surface area (TPSA) is 63.5 Å². The van der Waals surface area contributed by atoms with Gasteiger partial charge in [-0.05, 0) is 12.1 Å². The maximum Gasteiger partial charge on any atom is 0.283 e. The van der Waals surface area contributed by atoms with E-state index in [1.165, 1.54) is 12.3 Å². The van der Waals surface area contributed by atoms with Gasteiger partial charge in [0, 0.05) is 26.4 Å². The van der Waals surface area contributed by atoms with Crippen LogP contribution in [0.4, 0.5) is 10.1 Å². The standard InChI is InChI=1S/C11H11FN2O3/c1-13(2)6-5-11(15)9-4-3-8(12)7-10(9)14(16)17/h3-7H,1-2H3/b6-5+. The number of nitrogens with zero attached hydrogens (tertiary/aromatic N) is 2. The minimum atomic E-state index is -0.778. The Morgan fingerprint density at radius 1 is 1.47 bits per heavy atom. The van der Waals surface area contributed by atoms with Crippen LogP contribution in [0.2, 0.25) is 0 Å². The third kappa shape index (κ3) is 3.37. The third-order valence-corrected chi connectivity index (χ3v) is 1.95. The summed E-state index contributed by atoms with van der Waals surface area (Å²) in [5, 5.41) is 10.7. The molecule has 5 nitrogen and oxygen atoms in total. The average Bonchev–Trinajstić information content (AvgIpc) is 2.25. The molecule has 17 heavy (non-hydrogen) atoms. The Morgan fingerprint density at radius 3 is 2.65 bits per heavy atom. The lowest BCUT2D eigenvalue weighted by Crippen LogP contribution is -2.05. The van der Waals surface area contributed by atoms with Crippen molar-refractivity contribution in [1.82, 2.24) is 4.90 Å². The number of benzene rings is 1. The van der Waals surface area contributed by atoms with Crippen LogP contribution in [-0.2, 0) is 0 Å². The zero-order valence-corrected chi connectivity index (χ0v) is 9.38. The van der Waals surface area contributed by atoms with Crippen LogP contribution >= 0.6 is 0 Å². The molecule has 1 rings (SSSR count). The molecule has 0 amide bonds. The van der Waals surface area contributed by atoms with Crippen molar-refractivity contribution in [2.45, 2.75) is 0 Å². The molecule has 0 radical (unpaired) electrons. The first kappa shape index (κ1) is 12.8. The summed E-state index contributed by atoms with van der Waals surface area (Å²) >= 11 is 0. The first-order chi connectivity index (χ1) is 7.91. The van der Waals surface area contributed by atoms with Gasteiger partial charge in [0.25, 0.3) is 5.69 Å². The summed E-state index contributed by atoms with van der Waals surface area (Å²) in [6.07, 6.45) is 2.66. The van der Waals surface area contributed by atoms with Gasteiger partial charge in [0.05, 0.1) is 16.6 Å². The largest absolute Gasteiger partial charge is 0.383 e. The van der Waals surface area contributed by atoms with Gasteiger partial charge in [0.15, 0.2) is 5.78 Å². The van der Waals surface area contributed by atoms with E-state index in [4.69, 9.17) is 0 Å². The number of allylic oxidation sites excluding steroid dienone is 1. The van der Waals surface area contributed by atoms with E-state index >= 15 is 0 Å². The third-order valence-electron chi connectivity index (χ3n) is 1.95. The fourth-order valence-corrected chi connectivity index (χ4v) is 1.17. The quantitative estimate of drug-likeness (QED) is 0.348. The number of rotatable bonds is 4. The molecule has 0 unspecified atom stereocenters. The number of nitro benzene ring substituents is 1. The van der Waals surface area contributed by atoms with Gasteiger partial charge < -0.3 is 4.90 Å². The number of hydrogen-bond donors (Lipinski definition) is 0. The van der Waals surface area contributed by atoms with E-state index in [-0.39, 0.29) is 5.56 Å². The Labute approximate surface area is 97.3 Å². The van der Waals surface area contributed by atoms with E-state index in [0.29, 0.717) is 0 Å². The number of ketones is 1. The first-order valence-corrected chi connectivity index (χ1v) is 4.74. The van der Waals surface area contributed by atoms with E-state index in [0.717, 1.165) is 18.2 Å². The van der Waals surface area contributed by atoms with Crippen LogP contribution in [0.3, 0.4) is 0 Å². The molecule has 0 aliphatic carbocycles. The highest BCUT2D eigenvalue weighted by Crippen LogP contribution is 2.20. The van der Waals surface area contributed by atoms with Gasteiger partial charge in [-0.1, -0.05) is 0 Å². The molecular formula is C11H11FN2O3. The number of hydrogen-bond acceptors (Lipinski definition) is 4. The van der Waals surface area contributed by atoms with Crippen molar-refractivity contribution >= 4 is 11.5 Å². The van der Waals surface area contributed by atoms with Crippen LogP contribution in [0.5, 0.6) is 0 Å². The maximum absolute atomic E-state index is 12.8. The Bertz CT molecular complexity index is 484. The molecule has 0 atom stereocenters. The Hall–Kier alpha value is -2.24. The highest BCUT2D eigenvalue weighted by molar-refractivity contribution is 6.07. The van der Waals surface area contributed by atoms with Crippen LogP contribution in [0.15, 0.2) is 30.5 Å². The summed E-state index contributed by atoms with van der Waals surface area (Å²) in [5.74, 6) is -1.28. The molecule has 1 aromatic carbocycles. The Kier molecular flexibility index (Phi) is 3.92. The lowest BCUT2D eigenvalue weighted by atomic mass is 10.1. The van der Waals surface area contributed by atoms with Crippen molar-refractivity contribution in [1.29, 1.82) is 0 Å². The van der Waals surface area contributed by atoms with Crippen molar-refractivity contribution in [3.05, 3.63) is 52.0 Å². The van der Waals surface area contributed by atoms with E-state index in [9.17, 15) is 19.3 Å². The molecule has 0 saturated heterocycles. The highest BCUT2D eigenvalue weighted by Gasteiger charge is 2.19. The molecular weight excluding hydrogens is 227 g/mol. The van der Waals surface area contributed by atoms with Crippen LogP contribution in [-0.4, -0.2) is 29.7 Å². The van der Waals surface area contributed by atoms with E-state index in [1.807, 2.05) is 0 Å². The molecule has 90 valence electrons. The summed E-state index contributed by atoms with van der Waals surface area (Å²) in [4.78, 5) is 23.2. The van der Waals surface area contributed by atoms with Crippen molar-refractivity contribution in [2.24, 2.45) is 0 Å². The van der Waals surface area contributed by atoms with Crippen molar-refractivity contribution in [3.8, 4) is 0 Å². The zero-order valence-electron chi connectivity index (χ0n) is 9.38. The molecule has 0 spiro atoms. The molecule has 6 heteroatoms. The highest BCUT2D eigenvalue weighted by atomic mass is 19.1. The SMILES string of the molecule is CN(C)/C=C/C(=O)c1ccc(F)cc1[N+](=O)[O-]. The summed E-state index contributed by atoms with van der Waals surface area (Å²) < 4.78 is 12.8. The molecule has 0 aliphatic heterocycles. The molecule has 1 aromatic rings. The molecule has 0 aliphatic rings. The van der Waals surface area contributed by atoms with E-state index in [1.54, 1.807) is 19.0 Å². The molecule has 0 saturated carbocycles. The summed E-state index contributed by atoms with van der Waals surface area (Å²) in [6.45, 7) is 0. The number of carbonyl (C=O) groups is 1. The van der Waals surface area contributed by atoms with E-state index < -0.39 is 22.2 Å². The predicted octanol–water partition coefficient (Wildman–Crippen LogP) is 1.99. The Balaban J connectivity index is 3.13. The molecule has 0 fully saturated rings. The van der Waals surface area contributed by atoms with Gasteiger partial charge in [0.1, 0.15) is 5.82 Å². The second-order valence-electron chi connectivity index (χ2n) is 3.56. The van der Waals surface area contributed by atoms with Gasteiger partial charge in [-0.2, -0.15) is 0 Å². The van der Waals surface area contributed by atoms with Crippen LogP contribution in [0.1, 0.15) is 10.4 Å². The second-order valence-corrected chi connectivity index (χ2v) is 3.56. The summed E-state index contributed by atoms with van der Waals surface area (Å²) in [6, 6.07) is 2.86. The lowest BCUT2D eigenvalue weighted by molar-refractivity contribution is -0.385. The number of carbonyl (C=O) groups excluding carboxylic acids is 1. The second kappa shape index (κ2) is 5.20. The first-order valence-electron chi connectivity index (χ1n) is 4.74. The smallest absolute Gasteiger partial charge is 0.283 e. The zero-order chi connectivity index (χ0) is 13.0. The maximum atomic E-state index is 12.8. The summed E-state index contributed by atoms with van der Waals surface area (Å²) in [7, 11) is 3.42. The van der Waals surface area contributed by atoms with Crippen LogP contribution < -0.4 is 0 Å². The molecule has 0 aromatic heterocycles. The minimum absolute atomic E-state index is 0.130. The normalized spacial score (nSPS) is 10.5. The van der Waals surface area contributed by atoms with Gasteiger partial charge in [-0.25, -0.2) is 4.39 Å². The van der Waals surface area contributed by atoms with Crippen molar-refractivity contribution in [2.75, 3.05) is 14.1 Å². The van der Waals surface area contributed by atoms with Gasteiger partial charge in [0.2, 0.25) is 0 Å². The molecule has 0 heterocycles. The predicted molar refractivity (Wildman–Crippen MR) is 60.2 cm³/mol. The lowest BCUT2D eigenvalue weighted by Gasteiger charge is -2.03. The van der Waals surface area contributed by atoms with E-state index in [2.05, 4.69) is 0 Å². The van der Waals surface area contributed by atoms with Crippen molar-refractivity contribution < 1.29 is 14.1 Å². The Morgan fingerprint density at radius 2 is 2.12 bits per heavy atom. The van der Waals surface area contributed by atoms with Crippen LogP contribution in [0, 0.1) is 15.9 Å². The fourth-order valence-electron chi connectivity index (χ4n) is 1.17. The summed E-state index contributed by atoms with van der Waals surface area (Å²) in [5.41, 5.74) is -0.659. The number of halogens is 1. The van der Waals surface area contributed by atoms with Gasteiger partial charge >= 0.3 is 0 Å². The van der Waals surface area contributed by atoms with Gasteiger partial charge in [-0.15, -0.1) is 0 Å². The fraction of sp³-hybridized carbons (Fsp3) is 0.182.